The van der Waals surface area contributed by atoms with Crippen LogP contribution in [0.15, 0.2) is 48.7 Å². The minimum Gasteiger partial charge on any atom is -0.481 e. The molecule has 0 aliphatic carbocycles. The number of hydrogen-bond donors (Lipinski definition) is 2. The molecule has 0 amide bonds. The molecule has 2 aromatic rings. The van der Waals surface area contributed by atoms with Crippen LogP contribution in [0.5, 0.6) is 0 Å². The minimum atomic E-state index is -0.742. The molecule has 0 aliphatic heterocycles. The molecule has 0 aliphatic rings. The van der Waals surface area contributed by atoms with E-state index in [1.54, 1.807) is 6.20 Å². The fourth-order valence-corrected chi connectivity index (χ4v) is 1.78. The monoisotopic (exact) mass is 256 g/mol. The maximum Gasteiger partial charge on any atom is 0.303 e. The molecule has 0 radical (unpaired) electrons. The average molecular weight is 256 g/mol. The van der Waals surface area contributed by atoms with Crippen LogP contribution in [0.4, 0.5) is 11.5 Å². The van der Waals surface area contributed by atoms with E-state index < -0.39 is 5.97 Å². The van der Waals surface area contributed by atoms with Crippen LogP contribution < -0.4 is 5.32 Å². The second kappa shape index (κ2) is 6.54. The molecule has 19 heavy (non-hydrogen) atoms. The molecule has 0 unspecified atom stereocenters. The lowest BCUT2D eigenvalue weighted by Crippen LogP contribution is -1.96. The molecular weight excluding hydrogens is 240 g/mol. The maximum absolute atomic E-state index is 10.4. The minimum absolute atomic E-state index is 0.216. The van der Waals surface area contributed by atoms with E-state index >= 15 is 0 Å². The number of carboxylic acids is 1. The van der Waals surface area contributed by atoms with Crippen molar-refractivity contribution in [3.05, 3.63) is 54.2 Å². The van der Waals surface area contributed by atoms with Crippen LogP contribution in [0.25, 0.3) is 0 Å². The van der Waals surface area contributed by atoms with Gasteiger partial charge in [-0.25, -0.2) is 4.98 Å². The number of carbonyl (C=O) groups is 1. The zero-order valence-electron chi connectivity index (χ0n) is 10.5. The van der Waals surface area contributed by atoms with Gasteiger partial charge in [0.05, 0.1) is 0 Å². The van der Waals surface area contributed by atoms with Gasteiger partial charge >= 0.3 is 5.97 Å². The molecule has 98 valence electrons. The number of benzene rings is 1. The maximum atomic E-state index is 10.4. The zero-order valence-corrected chi connectivity index (χ0v) is 10.5. The van der Waals surface area contributed by atoms with Crippen LogP contribution in [-0.4, -0.2) is 16.1 Å². The highest BCUT2D eigenvalue weighted by atomic mass is 16.4. The number of nitrogens with one attached hydrogen (secondary N) is 1. The summed E-state index contributed by atoms with van der Waals surface area (Å²) in [7, 11) is 0. The second-order valence-electron chi connectivity index (χ2n) is 4.28. The van der Waals surface area contributed by atoms with Crippen molar-refractivity contribution in [2.24, 2.45) is 0 Å². The average Bonchev–Trinajstić information content (AvgIpc) is 2.42. The van der Waals surface area contributed by atoms with E-state index in [2.05, 4.69) is 10.3 Å². The fraction of sp³-hybridized carbons (Fsp3) is 0.200. The summed E-state index contributed by atoms with van der Waals surface area (Å²) < 4.78 is 0. The van der Waals surface area contributed by atoms with E-state index in [1.807, 2.05) is 42.5 Å². The third-order valence-electron chi connectivity index (χ3n) is 2.75. The molecule has 0 fully saturated rings. The van der Waals surface area contributed by atoms with E-state index in [-0.39, 0.29) is 6.42 Å². The first-order valence-corrected chi connectivity index (χ1v) is 6.23. The first-order chi connectivity index (χ1) is 9.24. The molecule has 1 aromatic carbocycles. The Morgan fingerprint density at radius 1 is 1.16 bits per heavy atom. The summed E-state index contributed by atoms with van der Waals surface area (Å²) in [5, 5.41) is 11.8. The molecular formula is C15H16N2O2. The van der Waals surface area contributed by atoms with Crippen molar-refractivity contribution in [3.8, 4) is 0 Å². The summed E-state index contributed by atoms with van der Waals surface area (Å²) >= 11 is 0. The van der Waals surface area contributed by atoms with Gasteiger partial charge in [-0.05, 0) is 42.7 Å². The van der Waals surface area contributed by atoms with Crippen molar-refractivity contribution in [1.29, 1.82) is 0 Å². The lowest BCUT2D eigenvalue weighted by Gasteiger charge is -2.06. The number of nitrogens with zero attached hydrogens (tertiary/aromatic N) is 1. The van der Waals surface area contributed by atoms with E-state index in [1.165, 1.54) is 0 Å². The molecule has 2 rings (SSSR count). The van der Waals surface area contributed by atoms with Gasteiger partial charge in [-0.2, -0.15) is 0 Å². The van der Waals surface area contributed by atoms with Crippen molar-refractivity contribution in [1.82, 2.24) is 4.98 Å². The molecule has 2 N–H and O–H groups in total. The topological polar surface area (TPSA) is 62.2 Å². The number of carboxylic acid groups (broad SMARTS) is 1. The number of aliphatic carboxylic acids is 1. The van der Waals surface area contributed by atoms with E-state index in [9.17, 15) is 4.79 Å². The Bertz CT molecular complexity index is 524. The summed E-state index contributed by atoms with van der Waals surface area (Å²) in [5.74, 6) is 0.0644. The van der Waals surface area contributed by atoms with Gasteiger partial charge in [0, 0.05) is 18.3 Å². The largest absolute Gasteiger partial charge is 0.481 e. The first kappa shape index (κ1) is 13.1. The Labute approximate surface area is 112 Å². The SMILES string of the molecule is O=C(O)CCCc1ccc(Nc2ccccn2)cc1. The number of aryl methyl sites for hydroxylation is 1. The van der Waals surface area contributed by atoms with Crippen LogP contribution >= 0.6 is 0 Å². The smallest absolute Gasteiger partial charge is 0.303 e. The Kier molecular flexibility index (Phi) is 4.50. The molecule has 0 atom stereocenters. The van der Waals surface area contributed by atoms with Crippen LogP contribution in [0.3, 0.4) is 0 Å². The molecule has 0 spiro atoms. The third kappa shape index (κ3) is 4.43. The van der Waals surface area contributed by atoms with Crippen molar-refractivity contribution in [2.45, 2.75) is 19.3 Å². The molecule has 4 nitrogen and oxygen atoms in total. The van der Waals surface area contributed by atoms with Gasteiger partial charge in [0.1, 0.15) is 5.82 Å². The lowest BCUT2D eigenvalue weighted by molar-refractivity contribution is -0.137. The van der Waals surface area contributed by atoms with Crippen molar-refractivity contribution < 1.29 is 9.90 Å². The zero-order chi connectivity index (χ0) is 13.5. The van der Waals surface area contributed by atoms with Gasteiger partial charge < -0.3 is 10.4 Å². The second-order valence-corrected chi connectivity index (χ2v) is 4.28. The molecule has 4 heteroatoms. The van der Waals surface area contributed by atoms with Crippen LogP contribution in [-0.2, 0) is 11.2 Å². The van der Waals surface area contributed by atoms with Gasteiger partial charge in [-0.1, -0.05) is 18.2 Å². The van der Waals surface area contributed by atoms with Crippen molar-refractivity contribution in [2.75, 3.05) is 5.32 Å². The molecule has 0 bridgehead atoms. The number of rotatable bonds is 6. The molecule has 0 saturated carbocycles. The lowest BCUT2D eigenvalue weighted by atomic mass is 10.1. The van der Waals surface area contributed by atoms with Crippen LogP contribution in [0.2, 0.25) is 0 Å². The summed E-state index contributed by atoms with van der Waals surface area (Å²) in [5.41, 5.74) is 2.12. The Hall–Kier alpha value is -2.36. The summed E-state index contributed by atoms with van der Waals surface area (Å²) in [6, 6.07) is 13.7. The number of pyridine rings is 1. The summed E-state index contributed by atoms with van der Waals surface area (Å²) in [4.78, 5) is 14.6. The Balaban J connectivity index is 1.89. The van der Waals surface area contributed by atoms with Crippen LogP contribution in [0.1, 0.15) is 18.4 Å². The highest BCUT2D eigenvalue weighted by Gasteiger charge is 1.99. The number of hydrogen-bond acceptors (Lipinski definition) is 3. The third-order valence-corrected chi connectivity index (χ3v) is 2.75. The van der Waals surface area contributed by atoms with E-state index in [0.29, 0.717) is 6.42 Å². The summed E-state index contributed by atoms with van der Waals surface area (Å²) in [6.07, 6.45) is 3.41. The van der Waals surface area contributed by atoms with Gasteiger partial charge in [0.2, 0.25) is 0 Å². The Morgan fingerprint density at radius 2 is 1.95 bits per heavy atom. The predicted octanol–water partition coefficient (Wildman–Crippen LogP) is 3.23. The van der Waals surface area contributed by atoms with Gasteiger partial charge in [-0.15, -0.1) is 0 Å². The highest BCUT2D eigenvalue weighted by molar-refractivity contribution is 5.66. The Morgan fingerprint density at radius 3 is 2.58 bits per heavy atom. The van der Waals surface area contributed by atoms with Crippen LogP contribution in [0, 0.1) is 0 Å². The molecule has 1 heterocycles. The van der Waals surface area contributed by atoms with E-state index in [4.69, 9.17) is 5.11 Å². The fourth-order valence-electron chi connectivity index (χ4n) is 1.78. The number of aromatic nitrogens is 1. The normalized spacial score (nSPS) is 10.1. The molecule has 0 saturated heterocycles. The number of anilines is 2. The van der Waals surface area contributed by atoms with Gasteiger partial charge in [0.25, 0.3) is 0 Å². The van der Waals surface area contributed by atoms with Gasteiger partial charge in [-0.3, -0.25) is 4.79 Å². The van der Waals surface area contributed by atoms with Gasteiger partial charge in [0.15, 0.2) is 0 Å². The van der Waals surface area contributed by atoms with Crippen molar-refractivity contribution >= 4 is 17.5 Å². The standard InChI is InChI=1S/C15H16N2O2/c18-15(19)6-3-4-12-7-9-13(10-8-12)17-14-5-1-2-11-16-14/h1-2,5,7-11H,3-4,6H2,(H,16,17)(H,18,19). The highest BCUT2D eigenvalue weighted by Crippen LogP contribution is 2.15. The van der Waals surface area contributed by atoms with Crippen molar-refractivity contribution in [3.63, 3.8) is 0 Å². The first-order valence-electron chi connectivity index (χ1n) is 6.23. The summed E-state index contributed by atoms with van der Waals surface area (Å²) in [6.45, 7) is 0. The predicted molar refractivity (Wildman–Crippen MR) is 74.5 cm³/mol. The molecule has 1 aromatic heterocycles. The quantitative estimate of drug-likeness (QED) is 0.833. The van der Waals surface area contributed by atoms with E-state index in [0.717, 1.165) is 23.5 Å².